The summed E-state index contributed by atoms with van der Waals surface area (Å²) in [7, 11) is 0. The Bertz CT molecular complexity index is 795. The van der Waals surface area contributed by atoms with E-state index in [2.05, 4.69) is 5.32 Å². The van der Waals surface area contributed by atoms with E-state index in [-0.39, 0.29) is 11.7 Å². The third-order valence-corrected chi connectivity index (χ3v) is 4.59. The molecule has 1 aliphatic rings. The van der Waals surface area contributed by atoms with Crippen molar-refractivity contribution >= 4 is 23.4 Å². The number of carbonyl (C=O) groups excluding carboxylic acids is 1. The molecule has 0 saturated carbocycles. The fourth-order valence-electron chi connectivity index (χ4n) is 2.42. The first-order chi connectivity index (χ1) is 12.4. The van der Waals surface area contributed by atoms with Crippen LogP contribution >= 0.6 is 11.8 Å². The number of hydrogen-bond donors (Lipinski definition) is 1. The SMILES string of the molecule is O=C(CSCc1cccc(C(F)(F)F)c1)Nc1ccc2c(c1)OCCO2. The molecule has 0 unspecified atom stereocenters. The molecule has 0 aliphatic carbocycles. The van der Waals surface area contributed by atoms with Gasteiger partial charge in [0.15, 0.2) is 11.5 Å². The molecule has 1 amide bonds. The summed E-state index contributed by atoms with van der Waals surface area (Å²) >= 11 is 1.25. The maximum Gasteiger partial charge on any atom is 0.416 e. The topological polar surface area (TPSA) is 47.6 Å². The number of ether oxygens (including phenoxy) is 2. The predicted octanol–water partition coefficient (Wildman–Crippen LogP) is 4.35. The molecule has 0 spiro atoms. The van der Waals surface area contributed by atoms with Crippen LogP contribution in [0.4, 0.5) is 18.9 Å². The average Bonchev–Trinajstić information content (AvgIpc) is 2.61. The molecule has 0 atom stereocenters. The zero-order valence-electron chi connectivity index (χ0n) is 13.6. The Labute approximate surface area is 152 Å². The summed E-state index contributed by atoms with van der Waals surface area (Å²) in [6.45, 7) is 0.947. The van der Waals surface area contributed by atoms with Gasteiger partial charge in [0.05, 0.1) is 11.3 Å². The van der Waals surface area contributed by atoms with Gasteiger partial charge in [0.2, 0.25) is 5.91 Å². The molecule has 138 valence electrons. The number of benzene rings is 2. The van der Waals surface area contributed by atoms with Crippen LogP contribution in [-0.4, -0.2) is 24.9 Å². The van der Waals surface area contributed by atoms with Crippen LogP contribution in [0.2, 0.25) is 0 Å². The maximum absolute atomic E-state index is 12.7. The van der Waals surface area contributed by atoms with Crippen molar-refractivity contribution in [3.63, 3.8) is 0 Å². The summed E-state index contributed by atoms with van der Waals surface area (Å²) in [5.74, 6) is 1.42. The fourth-order valence-corrected chi connectivity index (χ4v) is 3.19. The van der Waals surface area contributed by atoms with Gasteiger partial charge in [-0.25, -0.2) is 0 Å². The van der Waals surface area contributed by atoms with Crippen LogP contribution in [0.25, 0.3) is 0 Å². The molecule has 4 nitrogen and oxygen atoms in total. The van der Waals surface area contributed by atoms with Crippen LogP contribution in [0.3, 0.4) is 0 Å². The number of nitrogens with one attached hydrogen (secondary N) is 1. The average molecular weight is 383 g/mol. The molecule has 3 rings (SSSR count). The standard InChI is InChI=1S/C18H16F3NO3S/c19-18(20,21)13-3-1-2-12(8-13)10-26-11-17(23)22-14-4-5-15-16(9-14)25-7-6-24-15/h1-5,8-9H,6-7,10-11H2,(H,22,23). The first kappa shape index (κ1) is 18.4. The Balaban J connectivity index is 1.50. The lowest BCUT2D eigenvalue weighted by Crippen LogP contribution is -2.17. The molecule has 1 N–H and O–H groups in total. The largest absolute Gasteiger partial charge is 0.486 e. The molecular weight excluding hydrogens is 367 g/mol. The van der Waals surface area contributed by atoms with E-state index in [1.807, 2.05) is 0 Å². The van der Waals surface area contributed by atoms with E-state index in [0.717, 1.165) is 12.1 Å². The summed E-state index contributed by atoms with van der Waals surface area (Å²) < 4.78 is 48.9. The van der Waals surface area contributed by atoms with Crippen molar-refractivity contribution in [1.29, 1.82) is 0 Å². The van der Waals surface area contributed by atoms with Crippen LogP contribution in [0, 0.1) is 0 Å². The van der Waals surface area contributed by atoms with E-state index in [0.29, 0.717) is 41.7 Å². The lowest BCUT2D eigenvalue weighted by atomic mass is 10.1. The molecule has 0 bridgehead atoms. The number of alkyl halides is 3. The summed E-state index contributed by atoms with van der Waals surface area (Å²) in [6.07, 6.45) is -4.36. The molecule has 1 heterocycles. The zero-order chi connectivity index (χ0) is 18.6. The van der Waals surface area contributed by atoms with E-state index >= 15 is 0 Å². The van der Waals surface area contributed by atoms with Gasteiger partial charge in [-0.05, 0) is 23.8 Å². The zero-order valence-corrected chi connectivity index (χ0v) is 14.5. The Morgan fingerprint density at radius 2 is 1.85 bits per heavy atom. The first-order valence-electron chi connectivity index (χ1n) is 7.85. The van der Waals surface area contributed by atoms with Gasteiger partial charge in [0.1, 0.15) is 13.2 Å². The van der Waals surface area contributed by atoms with Gasteiger partial charge in [-0.1, -0.05) is 18.2 Å². The second-order valence-electron chi connectivity index (χ2n) is 5.60. The van der Waals surface area contributed by atoms with Gasteiger partial charge in [-0.2, -0.15) is 13.2 Å². The van der Waals surface area contributed by atoms with Crippen molar-refractivity contribution in [1.82, 2.24) is 0 Å². The molecule has 0 fully saturated rings. The molecule has 0 radical (unpaired) electrons. The van der Waals surface area contributed by atoms with E-state index in [1.54, 1.807) is 24.3 Å². The number of halogens is 3. The molecule has 2 aromatic rings. The lowest BCUT2D eigenvalue weighted by Gasteiger charge is -2.19. The van der Waals surface area contributed by atoms with Gasteiger partial charge in [-0.15, -0.1) is 11.8 Å². The quantitative estimate of drug-likeness (QED) is 0.834. The van der Waals surface area contributed by atoms with E-state index in [4.69, 9.17) is 9.47 Å². The Morgan fingerprint density at radius 3 is 2.62 bits per heavy atom. The highest BCUT2D eigenvalue weighted by Crippen LogP contribution is 2.33. The number of carbonyl (C=O) groups is 1. The van der Waals surface area contributed by atoms with Crippen LogP contribution in [0.15, 0.2) is 42.5 Å². The second-order valence-corrected chi connectivity index (χ2v) is 6.58. The smallest absolute Gasteiger partial charge is 0.416 e. The minimum Gasteiger partial charge on any atom is -0.486 e. The fraction of sp³-hybridized carbons (Fsp3) is 0.278. The van der Waals surface area contributed by atoms with Crippen LogP contribution in [0.1, 0.15) is 11.1 Å². The van der Waals surface area contributed by atoms with E-state index in [1.165, 1.54) is 17.8 Å². The minimum absolute atomic E-state index is 0.130. The van der Waals surface area contributed by atoms with Crippen molar-refractivity contribution in [3.8, 4) is 11.5 Å². The Kier molecular flexibility index (Phi) is 5.61. The van der Waals surface area contributed by atoms with Gasteiger partial charge < -0.3 is 14.8 Å². The highest BCUT2D eigenvalue weighted by atomic mass is 32.2. The number of fused-ring (bicyclic) bond motifs is 1. The molecule has 0 aromatic heterocycles. The van der Waals surface area contributed by atoms with Crippen molar-refractivity contribution in [2.45, 2.75) is 11.9 Å². The van der Waals surface area contributed by atoms with Crippen molar-refractivity contribution in [2.24, 2.45) is 0 Å². The van der Waals surface area contributed by atoms with Crippen LogP contribution < -0.4 is 14.8 Å². The maximum atomic E-state index is 12.7. The lowest BCUT2D eigenvalue weighted by molar-refractivity contribution is -0.137. The summed E-state index contributed by atoms with van der Waals surface area (Å²) in [5.41, 5.74) is 0.423. The number of hydrogen-bond acceptors (Lipinski definition) is 4. The van der Waals surface area contributed by atoms with Crippen molar-refractivity contribution in [3.05, 3.63) is 53.6 Å². The third kappa shape index (κ3) is 4.85. The number of rotatable bonds is 5. The summed E-state index contributed by atoms with van der Waals surface area (Å²) in [5, 5.41) is 2.74. The molecular formula is C18H16F3NO3S. The minimum atomic E-state index is -4.36. The number of thioether (sulfide) groups is 1. The highest BCUT2D eigenvalue weighted by Gasteiger charge is 2.30. The van der Waals surface area contributed by atoms with Crippen LogP contribution in [-0.2, 0) is 16.7 Å². The van der Waals surface area contributed by atoms with E-state index in [9.17, 15) is 18.0 Å². The molecule has 2 aromatic carbocycles. The predicted molar refractivity (Wildman–Crippen MR) is 93.7 cm³/mol. The molecule has 0 saturated heterocycles. The molecule has 1 aliphatic heterocycles. The Hall–Kier alpha value is -2.35. The number of amides is 1. The van der Waals surface area contributed by atoms with Gasteiger partial charge >= 0.3 is 6.18 Å². The normalized spacial score (nSPS) is 13.3. The molecule has 26 heavy (non-hydrogen) atoms. The van der Waals surface area contributed by atoms with Gasteiger partial charge in [0.25, 0.3) is 0 Å². The summed E-state index contributed by atoms with van der Waals surface area (Å²) in [4.78, 5) is 12.0. The third-order valence-electron chi connectivity index (χ3n) is 3.58. The van der Waals surface area contributed by atoms with Crippen molar-refractivity contribution < 1.29 is 27.4 Å². The number of anilines is 1. The van der Waals surface area contributed by atoms with E-state index < -0.39 is 11.7 Å². The van der Waals surface area contributed by atoms with Gasteiger partial charge in [0, 0.05) is 17.5 Å². The Morgan fingerprint density at radius 1 is 1.08 bits per heavy atom. The van der Waals surface area contributed by atoms with Crippen molar-refractivity contribution in [2.75, 3.05) is 24.3 Å². The highest BCUT2D eigenvalue weighted by molar-refractivity contribution is 7.99. The first-order valence-corrected chi connectivity index (χ1v) is 9.01. The molecule has 8 heteroatoms. The summed E-state index contributed by atoms with van der Waals surface area (Å²) in [6, 6.07) is 10.2. The monoisotopic (exact) mass is 383 g/mol. The van der Waals surface area contributed by atoms with Gasteiger partial charge in [-0.3, -0.25) is 4.79 Å². The van der Waals surface area contributed by atoms with Crippen LogP contribution in [0.5, 0.6) is 11.5 Å². The second kappa shape index (κ2) is 7.90.